The van der Waals surface area contributed by atoms with Gasteiger partial charge in [-0.05, 0) is 25.3 Å². The van der Waals surface area contributed by atoms with Gasteiger partial charge in [0.1, 0.15) is 0 Å². The highest BCUT2D eigenvalue weighted by atomic mass is 16.3. The van der Waals surface area contributed by atoms with Crippen LogP contribution in [0.25, 0.3) is 11.1 Å². The van der Waals surface area contributed by atoms with E-state index in [4.69, 9.17) is 0 Å². The maximum absolute atomic E-state index is 13.1. The number of piperidine rings is 1. The molecule has 0 spiro atoms. The molecule has 6 heteroatoms. The van der Waals surface area contributed by atoms with Gasteiger partial charge in [-0.1, -0.05) is 12.8 Å². The summed E-state index contributed by atoms with van der Waals surface area (Å²) < 4.78 is 1.74. The predicted molar refractivity (Wildman–Crippen MR) is 93.8 cm³/mol. The number of nitrogens with zero attached hydrogens (tertiary/aromatic N) is 4. The Morgan fingerprint density at radius 3 is 2.80 bits per heavy atom. The molecule has 2 aromatic rings. The number of hydrogen-bond donors (Lipinski definition) is 1. The lowest BCUT2D eigenvalue weighted by atomic mass is 9.76. The van der Waals surface area contributed by atoms with Gasteiger partial charge in [0.2, 0.25) is 0 Å². The molecule has 1 aliphatic heterocycles. The molecule has 6 nitrogen and oxygen atoms in total. The van der Waals surface area contributed by atoms with Gasteiger partial charge in [0, 0.05) is 55.3 Å². The first-order chi connectivity index (χ1) is 12.1. The number of carbonyl (C=O) groups excluding carboxylic acids is 1. The Balaban J connectivity index is 1.60. The second kappa shape index (κ2) is 6.59. The lowest BCUT2D eigenvalue weighted by Gasteiger charge is -2.46. The molecule has 1 saturated carbocycles. The zero-order valence-electron chi connectivity index (χ0n) is 14.5. The number of amides is 1. The Hall–Kier alpha value is -2.21. The van der Waals surface area contributed by atoms with Crippen LogP contribution in [0.2, 0.25) is 0 Å². The fourth-order valence-corrected chi connectivity index (χ4v) is 4.33. The third kappa shape index (κ3) is 3.06. The van der Waals surface area contributed by atoms with Crippen LogP contribution < -0.4 is 0 Å². The van der Waals surface area contributed by atoms with Crippen molar-refractivity contribution in [3.8, 4) is 11.1 Å². The standard InChI is InChI=1S/C19H24N4O2/c1-22-12-15(11-21-22)13-8-14(10-20-9-13)19(25)23-7-6-18(24)16-4-2-3-5-17(16)23/h8-12,16-18,24H,2-7H2,1H3. The molecule has 2 aromatic heterocycles. The first kappa shape index (κ1) is 16.3. The van der Waals surface area contributed by atoms with Gasteiger partial charge in [-0.2, -0.15) is 5.10 Å². The number of rotatable bonds is 2. The van der Waals surface area contributed by atoms with Gasteiger partial charge in [0.05, 0.1) is 17.9 Å². The van der Waals surface area contributed by atoms with Crippen molar-refractivity contribution < 1.29 is 9.90 Å². The van der Waals surface area contributed by atoms with Gasteiger partial charge in [-0.25, -0.2) is 0 Å². The molecular weight excluding hydrogens is 316 g/mol. The first-order valence-electron chi connectivity index (χ1n) is 9.06. The van der Waals surface area contributed by atoms with Crippen molar-refractivity contribution in [2.45, 2.75) is 44.2 Å². The molecule has 3 atom stereocenters. The van der Waals surface area contributed by atoms with Gasteiger partial charge in [-0.3, -0.25) is 14.5 Å². The molecule has 132 valence electrons. The maximum Gasteiger partial charge on any atom is 0.255 e. The van der Waals surface area contributed by atoms with Crippen LogP contribution in [-0.4, -0.2) is 49.4 Å². The van der Waals surface area contributed by atoms with E-state index < -0.39 is 0 Å². The molecule has 0 radical (unpaired) electrons. The minimum Gasteiger partial charge on any atom is -0.393 e. The van der Waals surface area contributed by atoms with E-state index in [2.05, 4.69) is 10.1 Å². The summed E-state index contributed by atoms with van der Waals surface area (Å²) in [5.41, 5.74) is 2.47. The highest BCUT2D eigenvalue weighted by Gasteiger charge is 2.40. The number of aliphatic hydroxyl groups is 1. The Kier molecular flexibility index (Phi) is 4.29. The average molecular weight is 340 g/mol. The van der Waals surface area contributed by atoms with Crippen LogP contribution in [0.15, 0.2) is 30.9 Å². The van der Waals surface area contributed by atoms with Gasteiger partial charge < -0.3 is 10.0 Å². The van der Waals surface area contributed by atoms with Gasteiger partial charge >= 0.3 is 0 Å². The van der Waals surface area contributed by atoms with E-state index in [1.165, 1.54) is 0 Å². The van der Waals surface area contributed by atoms with Gasteiger partial charge in [-0.15, -0.1) is 0 Å². The fraction of sp³-hybridized carbons (Fsp3) is 0.526. The number of carbonyl (C=O) groups is 1. The summed E-state index contributed by atoms with van der Waals surface area (Å²) in [5, 5.41) is 14.5. The third-order valence-corrected chi connectivity index (χ3v) is 5.63. The smallest absolute Gasteiger partial charge is 0.255 e. The maximum atomic E-state index is 13.1. The minimum atomic E-state index is -0.269. The molecule has 1 aliphatic carbocycles. The van der Waals surface area contributed by atoms with Crippen LogP contribution in [0.1, 0.15) is 42.5 Å². The van der Waals surface area contributed by atoms with E-state index in [-0.39, 0.29) is 24.0 Å². The van der Waals surface area contributed by atoms with E-state index in [1.54, 1.807) is 23.3 Å². The van der Waals surface area contributed by atoms with Crippen molar-refractivity contribution >= 4 is 5.91 Å². The summed E-state index contributed by atoms with van der Waals surface area (Å²) in [4.78, 5) is 19.4. The highest BCUT2D eigenvalue weighted by molar-refractivity contribution is 5.95. The molecular formula is C19H24N4O2. The summed E-state index contributed by atoms with van der Waals surface area (Å²) in [6.45, 7) is 0.623. The summed E-state index contributed by atoms with van der Waals surface area (Å²) in [6, 6.07) is 2.06. The second-order valence-electron chi connectivity index (χ2n) is 7.24. The SMILES string of the molecule is Cn1cc(-c2cncc(C(=O)N3CCC(O)C4CCCCC43)c2)cn1. The van der Waals surface area contributed by atoms with Crippen molar-refractivity contribution in [1.82, 2.24) is 19.7 Å². The van der Waals surface area contributed by atoms with Crippen LogP contribution >= 0.6 is 0 Å². The molecule has 2 aliphatic rings. The van der Waals surface area contributed by atoms with Crippen LogP contribution in [0, 0.1) is 5.92 Å². The lowest BCUT2D eigenvalue weighted by Crippen LogP contribution is -2.54. The molecule has 1 N–H and O–H groups in total. The van der Waals surface area contributed by atoms with Crippen LogP contribution in [0.4, 0.5) is 0 Å². The molecule has 0 bridgehead atoms. The molecule has 2 fully saturated rings. The first-order valence-corrected chi connectivity index (χ1v) is 9.06. The van der Waals surface area contributed by atoms with Gasteiger partial charge in [0.15, 0.2) is 0 Å². The summed E-state index contributed by atoms with van der Waals surface area (Å²) in [5.74, 6) is 0.253. The van der Waals surface area contributed by atoms with Crippen LogP contribution in [0.3, 0.4) is 0 Å². The monoisotopic (exact) mass is 340 g/mol. The minimum absolute atomic E-state index is 0.0297. The Labute approximate surface area is 147 Å². The van der Waals surface area contributed by atoms with Crippen molar-refractivity contribution in [2.75, 3.05) is 6.54 Å². The second-order valence-corrected chi connectivity index (χ2v) is 7.24. The topological polar surface area (TPSA) is 71.2 Å². The Morgan fingerprint density at radius 1 is 1.16 bits per heavy atom. The molecule has 3 heterocycles. The van der Waals surface area contributed by atoms with Gasteiger partial charge in [0.25, 0.3) is 5.91 Å². The zero-order valence-corrected chi connectivity index (χ0v) is 14.5. The number of pyridine rings is 1. The number of likely N-dealkylation sites (tertiary alicyclic amines) is 1. The molecule has 3 unspecified atom stereocenters. The molecule has 4 rings (SSSR count). The quantitative estimate of drug-likeness (QED) is 0.910. The molecule has 1 saturated heterocycles. The van der Waals surface area contributed by atoms with E-state index in [9.17, 15) is 9.90 Å². The summed E-state index contributed by atoms with van der Waals surface area (Å²) in [6.07, 6.45) is 11.8. The van der Waals surface area contributed by atoms with E-state index in [0.29, 0.717) is 18.5 Å². The predicted octanol–water partition coefficient (Wildman–Crippen LogP) is 2.25. The van der Waals surface area contributed by atoms with Crippen molar-refractivity contribution in [3.05, 3.63) is 36.4 Å². The highest BCUT2D eigenvalue weighted by Crippen LogP contribution is 2.36. The number of aryl methyl sites for hydroxylation is 1. The van der Waals surface area contributed by atoms with E-state index in [1.807, 2.05) is 24.2 Å². The number of fused-ring (bicyclic) bond motifs is 1. The van der Waals surface area contributed by atoms with Crippen LogP contribution in [0.5, 0.6) is 0 Å². The Morgan fingerprint density at radius 2 is 2.00 bits per heavy atom. The largest absolute Gasteiger partial charge is 0.393 e. The van der Waals surface area contributed by atoms with Crippen molar-refractivity contribution in [1.29, 1.82) is 0 Å². The Bertz CT molecular complexity index is 772. The average Bonchev–Trinajstić information content (AvgIpc) is 3.08. The number of hydrogen-bond acceptors (Lipinski definition) is 4. The van der Waals surface area contributed by atoms with E-state index in [0.717, 1.165) is 36.8 Å². The third-order valence-electron chi connectivity index (χ3n) is 5.63. The fourth-order valence-electron chi connectivity index (χ4n) is 4.33. The number of aromatic nitrogens is 3. The lowest BCUT2D eigenvalue weighted by molar-refractivity contribution is -0.0262. The van der Waals surface area contributed by atoms with Crippen molar-refractivity contribution in [3.63, 3.8) is 0 Å². The zero-order chi connectivity index (χ0) is 17.4. The number of aliphatic hydroxyl groups excluding tert-OH is 1. The van der Waals surface area contributed by atoms with E-state index >= 15 is 0 Å². The molecule has 0 aromatic carbocycles. The summed E-state index contributed by atoms with van der Waals surface area (Å²) >= 11 is 0. The molecule has 1 amide bonds. The van der Waals surface area contributed by atoms with Crippen molar-refractivity contribution in [2.24, 2.45) is 13.0 Å². The normalized spacial score (nSPS) is 26.3. The molecule has 25 heavy (non-hydrogen) atoms. The summed E-state index contributed by atoms with van der Waals surface area (Å²) in [7, 11) is 1.87. The van der Waals surface area contributed by atoms with Crippen LogP contribution in [-0.2, 0) is 7.05 Å².